The van der Waals surface area contributed by atoms with Gasteiger partial charge in [0, 0.05) is 18.7 Å². The van der Waals surface area contributed by atoms with Crippen molar-refractivity contribution in [3.63, 3.8) is 0 Å². The summed E-state index contributed by atoms with van der Waals surface area (Å²) in [5.74, 6) is 0.847. The first-order valence-electron chi connectivity index (χ1n) is 10.2. The molecule has 2 aromatic heterocycles. The van der Waals surface area contributed by atoms with Crippen molar-refractivity contribution in [1.82, 2.24) is 20.1 Å². The van der Waals surface area contributed by atoms with E-state index >= 15 is 0 Å². The van der Waals surface area contributed by atoms with E-state index in [0.717, 1.165) is 18.4 Å². The van der Waals surface area contributed by atoms with Gasteiger partial charge < -0.3 is 10.6 Å². The van der Waals surface area contributed by atoms with Crippen LogP contribution in [-0.2, 0) is 17.6 Å². The van der Waals surface area contributed by atoms with E-state index in [1.54, 1.807) is 10.9 Å². The molecule has 1 aliphatic rings. The number of anilines is 1. The molecule has 160 valence electrons. The first kappa shape index (κ1) is 21.1. The van der Waals surface area contributed by atoms with Crippen molar-refractivity contribution in [2.45, 2.75) is 32.2 Å². The van der Waals surface area contributed by atoms with Crippen LogP contribution in [0, 0.1) is 6.92 Å². The lowest BCUT2D eigenvalue weighted by atomic mass is 9.96. The van der Waals surface area contributed by atoms with E-state index in [-0.39, 0.29) is 17.9 Å². The molecule has 3 heterocycles. The van der Waals surface area contributed by atoms with Crippen LogP contribution < -0.4 is 10.6 Å². The zero-order valence-corrected chi connectivity index (χ0v) is 18.4. The highest BCUT2D eigenvalue weighted by Gasteiger charge is 2.32. The van der Waals surface area contributed by atoms with Gasteiger partial charge in [-0.15, -0.1) is 0 Å². The fourth-order valence-electron chi connectivity index (χ4n) is 3.71. The molecule has 1 aliphatic heterocycles. The third-order valence-corrected chi connectivity index (χ3v) is 5.78. The van der Waals surface area contributed by atoms with Crippen LogP contribution in [0.3, 0.4) is 0 Å². The molecular weight excluding hydrogens is 410 g/mol. The minimum Gasteiger partial charge on any atom is -0.349 e. The Morgan fingerprint density at radius 2 is 2.06 bits per heavy atom. The summed E-state index contributed by atoms with van der Waals surface area (Å²) in [7, 11) is 0. The fourth-order valence-corrected chi connectivity index (χ4v) is 4.05. The van der Waals surface area contributed by atoms with Crippen LogP contribution in [0.15, 0.2) is 48.7 Å². The number of fused-ring (bicyclic) bond motifs is 1. The number of nitrogens with zero attached hydrogens (tertiary/aromatic N) is 3. The van der Waals surface area contributed by atoms with Gasteiger partial charge in [-0.05, 0) is 43.2 Å². The van der Waals surface area contributed by atoms with Crippen LogP contribution in [0.4, 0.5) is 5.82 Å². The molecule has 2 N–H and O–H groups in total. The molecule has 0 bridgehead atoms. The van der Waals surface area contributed by atoms with E-state index in [2.05, 4.69) is 27.8 Å². The largest absolute Gasteiger partial charge is 0.349 e. The summed E-state index contributed by atoms with van der Waals surface area (Å²) in [6.07, 6.45) is 5.90. The van der Waals surface area contributed by atoms with Crippen LogP contribution in [0.25, 0.3) is 5.82 Å². The molecule has 0 saturated heterocycles. The van der Waals surface area contributed by atoms with Gasteiger partial charge in [-0.25, -0.2) is 4.98 Å². The zero-order chi connectivity index (χ0) is 21.8. The summed E-state index contributed by atoms with van der Waals surface area (Å²) in [6, 6.07) is 14.0. The number of carbonyl (C=O) groups is 2. The topological polar surface area (TPSA) is 88.9 Å². The minimum absolute atomic E-state index is 0.00992. The molecule has 4 rings (SSSR count). The molecular formula is C23H25N5O2S. The van der Waals surface area contributed by atoms with E-state index < -0.39 is 0 Å². The second-order valence-corrected chi connectivity index (χ2v) is 8.52. The molecule has 0 spiro atoms. The van der Waals surface area contributed by atoms with Gasteiger partial charge in [0.25, 0.3) is 5.91 Å². The number of amides is 2. The van der Waals surface area contributed by atoms with Gasteiger partial charge >= 0.3 is 0 Å². The van der Waals surface area contributed by atoms with Crippen molar-refractivity contribution < 1.29 is 9.59 Å². The Kier molecular flexibility index (Phi) is 6.36. The lowest BCUT2D eigenvalue weighted by Crippen LogP contribution is -2.41. The number of pyridine rings is 1. The normalized spacial score (nSPS) is 15.3. The maximum Gasteiger partial charge on any atom is 0.257 e. The number of thioether (sulfide) groups is 1. The van der Waals surface area contributed by atoms with E-state index in [0.29, 0.717) is 35.1 Å². The van der Waals surface area contributed by atoms with Gasteiger partial charge in [-0.1, -0.05) is 36.4 Å². The van der Waals surface area contributed by atoms with E-state index in [1.165, 1.54) is 17.3 Å². The third kappa shape index (κ3) is 4.80. The van der Waals surface area contributed by atoms with E-state index in [1.807, 2.05) is 43.5 Å². The summed E-state index contributed by atoms with van der Waals surface area (Å²) < 4.78 is 1.57. The predicted molar refractivity (Wildman–Crippen MR) is 123 cm³/mol. The Morgan fingerprint density at radius 1 is 1.26 bits per heavy atom. The monoisotopic (exact) mass is 435 g/mol. The van der Waals surface area contributed by atoms with Crippen molar-refractivity contribution in [2.24, 2.45) is 0 Å². The average molecular weight is 436 g/mol. The van der Waals surface area contributed by atoms with Gasteiger partial charge in [-0.2, -0.15) is 21.5 Å². The molecule has 1 aromatic carbocycles. The van der Waals surface area contributed by atoms with Gasteiger partial charge in [0.1, 0.15) is 5.56 Å². The SMILES string of the molecule is CSCC(=O)Nc1c2c(nn1-c1ccc(C)cn1)CC(CCc1ccccc1)NC2=O. The number of benzene rings is 1. The Labute approximate surface area is 185 Å². The summed E-state index contributed by atoms with van der Waals surface area (Å²) in [4.78, 5) is 29.8. The summed E-state index contributed by atoms with van der Waals surface area (Å²) in [5, 5.41) is 10.7. The predicted octanol–water partition coefficient (Wildman–Crippen LogP) is 3.16. The van der Waals surface area contributed by atoms with Crippen LogP contribution in [0.1, 0.15) is 33.6 Å². The second-order valence-electron chi connectivity index (χ2n) is 7.66. The Morgan fingerprint density at radius 3 is 2.77 bits per heavy atom. The maximum atomic E-state index is 13.0. The molecule has 1 unspecified atom stereocenters. The standard InChI is InChI=1S/C23H25N5O2S/c1-15-8-11-19(24-13-15)28-22(26-20(29)14-31-2)21-18(27-28)12-17(25-23(21)30)10-9-16-6-4-3-5-7-16/h3-8,11,13,17H,9-10,12,14H2,1-2H3,(H,25,30)(H,26,29). The summed E-state index contributed by atoms with van der Waals surface area (Å²) in [6.45, 7) is 1.96. The molecule has 0 fully saturated rings. The fraction of sp³-hybridized carbons (Fsp3) is 0.304. The first-order valence-corrected chi connectivity index (χ1v) is 11.6. The van der Waals surface area contributed by atoms with Gasteiger partial charge in [0.2, 0.25) is 5.91 Å². The first-order chi connectivity index (χ1) is 15.0. The van der Waals surface area contributed by atoms with Crippen molar-refractivity contribution in [3.05, 3.63) is 71.0 Å². The Hall–Kier alpha value is -3.13. The number of aromatic nitrogens is 3. The molecule has 1 atom stereocenters. The maximum absolute atomic E-state index is 13.0. The van der Waals surface area contributed by atoms with Crippen molar-refractivity contribution in [3.8, 4) is 5.82 Å². The third-order valence-electron chi connectivity index (χ3n) is 5.23. The quantitative estimate of drug-likeness (QED) is 0.595. The van der Waals surface area contributed by atoms with Crippen molar-refractivity contribution >= 4 is 29.4 Å². The van der Waals surface area contributed by atoms with Crippen LogP contribution in [0.2, 0.25) is 0 Å². The number of hydrogen-bond acceptors (Lipinski definition) is 5. The highest BCUT2D eigenvalue weighted by Crippen LogP contribution is 2.28. The molecule has 31 heavy (non-hydrogen) atoms. The van der Waals surface area contributed by atoms with Crippen LogP contribution in [-0.4, -0.2) is 44.6 Å². The Balaban J connectivity index is 1.63. The number of hydrogen-bond donors (Lipinski definition) is 2. The Bertz CT molecular complexity index is 1080. The van der Waals surface area contributed by atoms with Crippen LogP contribution in [0.5, 0.6) is 0 Å². The molecule has 0 saturated carbocycles. The molecule has 0 aliphatic carbocycles. The second kappa shape index (κ2) is 9.34. The lowest BCUT2D eigenvalue weighted by molar-refractivity contribution is -0.113. The van der Waals surface area contributed by atoms with Gasteiger partial charge in [0.15, 0.2) is 11.6 Å². The van der Waals surface area contributed by atoms with Crippen molar-refractivity contribution in [2.75, 3.05) is 17.3 Å². The van der Waals surface area contributed by atoms with E-state index in [9.17, 15) is 9.59 Å². The number of aryl methyl sites for hydroxylation is 2. The van der Waals surface area contributed by atoms with E-state index in [4.69, 9.17) is 5.10 Å². The number of rotatable bonds is 7. The van der Waals surface area contributed by atoms with Crippen molar-refractivity contribution in [1.29, 1.82) is 0 Å². The lowest BCUT2D eigenvalue weighted by Gasteiger charge is -2.23. The van der Waals surface area contributed by atoms with Gasteiger partial charge in [0.05, 0.1) is 11.4 Å². The summed E-state index contributed by atoms with van der Waals surface area (Å²) in [5.41, 5.74) is 3.37. The zero-order valence-electron chi connectivity index (χ0n) is 17.6. The highest BCUT2D eigenvalue weighted by atomic mass is 32.2. The average Bonchev–Trinajstić information content (AvgIpc) is 3.12. The molecule has 3 aromatic rings. The molecule has 7 nitrogen and oxygen atoms in total. The molecule has 8 heteroatoms. The number of nitrogens with one attached hydrogen (secondary N) is 2. The number of carbonyl (C=O) groups excluding carboxylic acids is 2. The molecule has 2 amide bonds. The summed E-state index contributed by atoms with van der Waals surface area (Å²) >= 11 is 1.42. The smallest absolute Gasteiger partial charge is 0.257 e. The highest BCUT2D eigenvalue weighted by molar-refractivity contribution is 7.99. The van der Waals surface area contributed by atoms with Crippen LogP contribution >= 0.6 is 11.8 Å². The minimum atomic E-state index is -0.211. The van der Waals surface area contributed by atoms with Gasteiger partial charge in [-0.3, -0.25) is 9.59 Å². The molecule has 0 radical (unpaired) electrons.